The first-order valence-electron chi connectivity index (χ1n) is 2.07. The summed E-state index contributed by atoms with van der Waals surface area (Å²) in [7, 11) is 0. The van der Waals surface area contributed by atoms with Crippen molar-refractivity contribution in [3.05, 3.63) is 24.3 Å². The molecule has 0 N–H and O–H groups in total. The Kier molecular flexibility index (Phi) is 13.0. The molecule has 0 amide bonds. The maximum atomic E-state index is 9.43. The summed E-state index contributed by atoms with van der Waals surface area (Å²) in [6.45, 7) is 1.88. The van der Waals surface area contributed by atoms with E-state index in [4.69, 9.17) is 0 Å². The molecule has 0 aliphatic heterocycles. The molecular formula is C6H7FeO-. The van der Waals surface area contributed by atoms with Crippen LogP contribution in [0.15, 0.2) is 24.3 Å². The molecule has 0 aliphatic rings. The van der Waals surface area contributed by atoms with Crippen LogP contribution in [0.3, 0.4) is 0 Å². The molecule has 0 radical (unpaired) electrons. The predicted octanol–water partition coefficient (Wildman–Crippen LogP) is 1.23. The monoisotopic (exact) mass is 151 g/mol. The van der Waals surface area contributed by atoms with Crippen molar-refractivity contribution in [3.8, 4) is 0 Å². The molecule has 0 atom stereocenters. The maximum Gasteiger partial charge on any atom is 0 e. The SMILES string of the molecule is C/C=C/C=C/[C-]=O.[Fe]. The quantitative estimate of drug-likeness (QED) is 0.251. The molecule has 0 aromatic carbocycles. The Morgan fingerprint density at radius 3 is 2.38 bits per heavy atom. The van der Waals surface area contributed by atoms with E-state index in [9.17, 15) is 4.79 Å². The van der Waals surface area contributed by atoms with Gasteiger partial charge in [-0.25, -0.2) is 6.08 Å². The molecule has 8 heavy (non-hydrogen) atoms. The van der Waals surface area contributed by atoms with Crippen LogP contribution in [0.5, 0.6) is 0 Å². The van der Waals surface area contributed by atoms with Gasteiger partial charge < -0.3 is 4.79 Å². The van der Waals surface area contributed by atoms with Gasteiger partial charge in [0, 0.05) is 17.1 Å². The number of allylic oxidation sites excluding steroid dienone is 4. The third kappa shape index (κ3) is 9.18. The number of hydrogen-bond acceptors (Lipinski definition) is 1. The minimum absolute atomic E-state index is 0. The molecule has 0 saturated carbocycles. The first-order chi connectivity index (χ1) is 3.41. The summed E-state index contributed by atoms with van der Waals surface area (Å²) in [5, 5.41) is 0. The molecule has 0 unspecified atom stereocenters. The molecule has 1 nitrogen and oxygen atoms in total. The van der Waals surface area contributed by atoms with Gasteiger partial charge in [0.05, 0.1) is 0 Å². The molecule has 0 saturated heterocycles. The van der Waals surface area contributed by atoms with Gasteiger partial charge in [0.2, 0.25) is 0 Å². The summed E-state index contributed by atoms with van der Waals surface area (Å²) in [6, 6.07) is 0. The van der Waals surface area contributed by atoms with E-state index in [-0.39, 0.29) is 17.1 Å². The van der Waals surface area contributed by atoms with Crippen LogP contribution in [0.2, 0.25) is 0 Å². The summed E-state index contributed by atoms with van der Waals surface area (Å²) in [5.41, 5.74) is 0. The summed E-state index contributed by atoms with van der Waals surface area (Å²) in [4.78, 5) is 9.43. The Hall–Kier alpha value is -0.331. The standard InChI is InChI=1S/C6H7O.Fe/c1-2-3-4-5-6-7;/h2-5H,1H3;/q-1;/b3-2+,5-4+;. The van der Waals surface area contributed by atoms with Gasteiger partial charge >= 0.3 is 0 Å². The van der Waals surface area contributed by atoms with Gasteiger partial charge in [0.1, 0.15) is 0 Å². The van der Waals surface area contributed by atoms with Gasteiger partial charge in [0.25, 0.3) is 0 Å². The Labute approximate surface area is 59.9 Å². The first-order valence-corrected chi connectivity index (χ1v) is 2.07. The van der Waals surface area contributed by atoms with E-state index in [0.717, 1.165) is 0 Å². The average molecular weight is 151 g/mol. The third-order valence-corrected chi connectivity index (χ3v) is 0.468. The van der Waals surface area contributed by atoms with Crippen LogP contribution in [0.4, 0.5) is 0 Å². The van der Waals surface area contributed by atoms with E-state index in [2.05, 4.69) is 0 Å². The zero-order valence-electron chi connectivity index (χ0n) is 4.57. The number of carbonyl (C=O) groups excluding carboxylic acids is 1. The van der Waals surface area contributed by atoms with Crippen molar-refractivity contribution in [1.82, 2.24) is 0 Å². The van der Waals surface area contributed by atoms with Gasteiger partial charge in [-0.05, 0) is 13.2 Å². The Bertz CT molecular complexity index is 94.7. The van der Waals surface area contributed by atoms with Crippen molar-refractivity contribution >= 4 is 6.29 Å². The largest absolute Gasteiger partial charge is 0.419 e. The predicted molar refractivity (Wildman–Crippen MR) is 29.6 cm³/mol. The van der Waals surface area contributed by atoms with Gasteiger partial charge in [0.15, 0.2) is 0 Å². The van der Waals surface area contributed by atoms with Crippen LogP contribution in [-0.4, -0.2) is 6.29 Å². The minimum atomic E-state index is 0. The summed E-state index contributed by atoms with van der Waals surface area (Å²) >= 11 is 0. The molecular weight excluding hydrogens is 144 g/mol. The number of hydrogen-bond donors (Lipinski definition) is 0. The van der Waals surface area contributed by atoms with Crippen LogP contribution in [0.25, 0.3) is 0 Å². The van der Waals surface area contributed by atoms with Crippen LogP contribution < -0.4 is 0 Å². The van der Waals surface area contributed by atoms with Gasteiger partial charge in [-0.15, -0.1) is 12.2 Å². The summed E-state index contributed by atoms with van der Waals surface area (Å²) in [5.74, 6) is 0. The third-order valence-electron chi connectivity index (χ3n) is 0.468. The normalized spacial score (nSPS) is 9.62. The van der Waals surface area contributed by atoms with Crippen molar-refractivity contribution in [2.24, 2.45) is 0 Å². The number of rotatable bonds is 2. The van der Waals surface area contributed by atoms with Crippen molar-refractivity contribution in [2.75, 3.05) is 0 Å². The van der Waals surface area contributed by atoms with Crippen LogP contribution in [0, 0.1) is 0 Å². The first kappa shape index (κ1) is 10.6. The zero-order chi connectivity index (χ0) is 5.54. The molecule has 0 aromatic rings. The molecule has 0 aliphatic carbocycles. The molecule has 0 fully saturated rings. The van der Waals surface area contributed by atoms with Crippen LogP contribution in [0.1, 0.15) is 6.92 Å². The molecule has 0 rings (SSSR count). The minimum Gasteiger partial charge on any atom is -0.419 e. The van der Waals surface area contributed by atoms with E-state index in [1.165, 1.54) is 6.08 Å². The van der Waals surface area contributed by atoms with E-state index < -0.39 is 0 Å². The van der Waals surface area contributed by atoms with E-state index in [0.29, 0.717) is 0 Å². The van der Waals surface area contributed by atoms with E-state index in [1.807, 2.05) is 13.0 Å². The average Bonchev–Trinajstić information content (AvgIpc) is 1.69. The second-order valence-electron chi connectivity index (χ2n) is 1.00. The zero-order valence-corrected chi connectivity index (χ0v) is 5.68. The Morgan fingerprint density at radius 1 is 1.38 bits per heavy atom. The summed E-state index contributed by atoms with van der Waals surface area (Å²) < 4.78 is 0. The van der Waals surface area contributed by atoms with Crippen molar-refractivity contribution < 1.29 is 21.9 Å². The molecule has 0 bridgehead atoms. The van der Waals surface area contributed by atoms with Crippen molar-refractivity contribution in [2.45, 2.75) is 6.92 Å². The van der Waals surface area contributed by atoms with Crippen molar-refractivity contribution in [3.63, 3.8) is 0 Å². The van der Waals surface area contributed by atoms with Gasteiger partial charge in [-0.3, -0.25) is 0 Å². The Balaban J connectivity index is 0. The fraction of sp³-hybridized carbons (Fsp3) is 0.167. The van der Waals surface area contributed by atoms with Gasteiger partial charge in [-0.2, -0.15) is 6.08 Å². The summed E-state index contributed by atoms with van der Waals surface area (Å²) in [6.07, 6.45) is 8.18. The molecule has 2 heteroatoms. The maximum absolute atomic E-state index is 9.43. The van der Waals surface area contributed by atoms with Gasteiger partial charge in [-0.1, -0.05) is 0 Å². The fourth-order valence-corrected chi connectivity index (χ4v) is 0.206. The molecule has 0 heterocycles. The van der Waals surface area contributed by atoms with E-state index in [1.54, 1.807) is 18.4 Å². The molecule has 0 aromatic heterocycles. The molecule has 46 valence electrons. The van der Waals surface area contributed by atoms with E-state index >= 15 is 0 Å². The molecule has 0 spiro atoms. The van der Waals surface area contributed by atoms with Crippen LogP contribution in [-0.2, 0) is 21.9 Å². The smallest absolute Gasteiger partial charge is 0 e. The van der Waals surface area contributed by atoms with Crippen molar-refractivity contribution in [1.29, 1.82) is 0 Å². The second kappa shape index (κ2) is 9.83. The Morgan fingerprint density at radius 2 is 2.00 bits per heavy atom. The fourth-order valence-electron chi connectivity index (χ4n) is 0.206. The second-order valence-corrected chi connectivity index (χ2v) is 1.00. The van der Waals surface area contributed by atoms with Crippen LogP contribution >= 0.6 is 0 Å². The topological polar surface area (TPSA) is 17.1 Å².